The molecule has 2 amide bonds. The van der Waals surface area contributed by atoms with Crippen molar-refractivity contribution in [2.45, 2.75) is 37.1 Å². The number of likely N-dealkylation sites (N-methyl/N-ethyl adjacent to an activating group) is 1. The first kappa shape index (κ1) is 21.1. The summed E-state index contributed by atoms with van der Waals surface area (Å²) in [6.07, 6.45) is 6.25. The molecule has 6 nitrogen and oxygen atoms in total. The molecule has 1 saturated heterocycles. The Hall–Kier alpha value is -2.80. The number of carbonyl (C=O) groups excluding carboxylic acids is 2. The van der Waals surface area contributed by atoms with Gasteiger partial charge in [-0.15, -0.1) is 0 Å². The van der Waals surface area contributed by atoms with Crippen molar-refractivity contribution in [1.29, 1.82) is 0 Å². The van der Waals surface area contributed by atoms with Crippen LogP contribution in [0.2, 0.25) is 0 Å². The zero-order chi connectivity index (χ0) is 22.3. The van der Waals surface area contributed by atoms with E-state index in [4.69, 9.17) is 0 Å². The summed E-state index contributed by atoms with van der Waals surface area (Å²) in [5.41, 5.74) is 1.64. The fourth-order valence-electron chi connectivity index (χ4n) is 5.86. The number of halogens is 1. The van der Waals surface area contributed by atoms with Crippen molar-refractivity contribution in [3.63, 3.8) is 0 Å². The highest BCUT2D eigenvalue weighted by Crippen LogP contribution is 2.75. The van der Waals surface area contributed by atoms with Crippen LogP contribution in [-0.4, -0.2) is 65.9 Å². The maximum atomic E-state index is 13.4. The van der Waals surface area contributed by atoms with Crippen LogP contribution in [0.1, 0.15) is 41.6 Å². The van der Waals surface area contributed by atoms with Gasteiger partial charge in [-0.2, -0.15) is 0 Å². The van der Waals surface area contributed by atoms with Crippen molar-refractivity contribution in [1.82, 2.24) is 20.1 Å². The van der Waals surface area contributed by atoms with Gasteiger partial charge < -0.3 is 15.1 Å². The number of aromatic nitrogens is 1. The topological polar surface area (TPSA) is 65.5 Å². The van der Waals surface area contributed by atoms with Crippen LogP contribution in [0.25, 0.3) is 0 Å². The van der Waals surface area contributed by atoms with Crippen LogP contribution in [0, 0.1) is 11.2 Å². The lowest BCUT2D eigenvalue weighted by atomic mass is 9.31. The van der Waals surface area contributed by atoms with Crippen LogP contribution < -0.4 is 5.32 Å². The van der Waals surface area contributed by atoms with E-state index in [9.17, 15) is 14.0 Å². The number of amides is 2. The second-order valence-corrected chi connectivity index (χ2v) is 9.84. The fourth-order valence-corrected chi connectivity index (χ4v) is 5.86. The van der Waals surface area contributed by atoms with Gasteiger partial charge in [0.25, 0.3) is 5.91 Å². The highest BCUT2D eigenvalue weighted by molar-refractivity contribution is 5.94. The molecule has 32 heavy (non-hydrogen) atoms. The molecule has 1 N–H and O–H groups in total. The van der Waals surface area contributed by atoms with E-state index in [0.717, 1.165) is 51.0 Å². The maximum absolute atomic E-state index is 13.4. The number of hydrogen-bond donors (Lipinski definition) is 1. The summed E-state index contributed by atoms with van der Waals surface area (Å²) in [4.78, 5) is 34.2. The molecule has 1 aromatic carbocycles. The molecule has 1 aromatic heterocycles. The molecule has 2 bridgehead atoms. The lowest BCUT2D eigenvalue weighted by Gasteiger charge is -2.73. The lowest BCUT2D eigenvalue weighted by Crippen LogP contribution is -2.72. The SMILES string of the molecule is CN1CCN(C(=O)CC(NC(=O)c2cccnc2)C23CC(c4ccc(F)cc4)(C2)C3)CC1. The smallest absolute Gasteiger partial charge is 0.253 e. The van der Waals surface area contributed by atoms with Gasteiger partial charge in [0.1, 0.15) is 5.82 Å². The van der Waals surface area contributed by atoms with Crippen molar-refractivity contribution >= 4 is 11.8 Å². The molecule has 1 aliphatic heterocycles. The number of benzene rings is 1. The van der Waals surface area contributed by atoms with E-state index in [1.807, 2.05) is 17.0 Å². The van der Waals surface area contributed by atoms with Crippen LogP contribution in [0.4, 0.5) is 4.39 Å². The number of piperazine rings is 1. The third kappa shape index (κ3) is 3.68. The molecule has 1 atom stereocenters. The molecular weight excluding hydrogens is 407 g/mol. The van der Waals surface area contributed by atoms with Gasteiger partial charge in [0.15, 0.2) is 0 Å². The van der Waals surface area contributed by atoms with Gasteiger partial charge in [0.05, 0.1) is 5.56 Å². The summed E-state index contributed by atoms with van der Waals surface area (Å²) >= 11 is 0. The molecule has 2 aromatic rings. The molecule has 3 saturated carbocycles. The standard InChI is InChI=1S/C25H29FN4O2/c1-29-9-11-30(12-10-29)22(31)13-21(28-23(32)18-3-2-8-27-14-18)25-15-24(16-25,17-25)19-4-6-20(26)7-5-19/h2-8,14,21H,9-13,15-17H2,1H3,(H,28,32). The van der Waals surface area contributed by atoms with E-state index in [0.29, 0.717) is 12.0 Å². The van der Waals surface area contributed by atoms with Gasteiger partial charge in [-0.05, 0) is 67.0 Å². The van der Waals surface area contributed by atoms with Gasteiger partial charge in [0, 0.05) is 51.0 Å². The monoisotopic (exact) mass is 436 g/mol. The van der Waals surface area contributed by atoms with Crippen molar-refractivity contribution in [3.05, 3.63) is 65.7 Å². The molecule has 6 rings (SSSR count). The summed E-state index contributed by atoms with van der Waals surface area (Å²) < 4.78 is 13.4. The predicted molar refractivity (Wildman–Crippen MR) is 119 cm³/mol. The molecule has 1 unspecified atom stereocenters. The van der Waals surface area contributed by atoms with E-state index in [-0.39, 0.29) is 34.5 Å². The van der Waals surface area contributed by atoms with Crippen LogP contribution in [0.5, 0.6) is 0 Å². The third-order valence-electron chi connectivity index (χ3n) is 7.73. The zero-order valence-corrected chi connectivity index (χ0v) is 18.4. The number of pyridine rings is 1. The first-order valence-electron chi connectivity index (χ1n) is 11.3. The van der Waals surface area contributed by atoms with Gasteiger partial charge in [-0.25, -0.2) is 4.39 Å². The fraction of sp³-hybridized carbons (Fsp3) is 0.480. The van der Waals surface area contributed by atoms with Gasteiger partial charge in [-0.1, -0.05) is 12.1 Å². The normalized spacial score (nSPS) is 27.8. The van der Waals surface area contributed by atoms with E-state index < -0.39 is 0 Å². The molecule has 168 valence electrons. The first-order chi connectivity index (χ1) is 15.4. The number of carbonyl (C=O) groups is 2. The molecule has 4 aliphatic rings. The molecule has 3 aliphatic carbocycles. The molecule has 0 spiro atoms. The maximum Gasteiger partial charge on any atom is 0.253 e. The lowest BCUT2D eigenvalue weighted by molar-refractivity contribution is -0.169. The Morgan fingerprint density at radius 3 is 2.41 bits per heavy atom. The zero-order valence-electron chi connectivity index (χ0n) is 18.4. The van der Waals surface area contributed by atoms with E-state index in [1.54, 1.807) is 24.5 Å². The predicted octanol–water partition coefficient (Wildman–Crippen LogP) is 2.61. The summed E-state index contributed by atoms with van der Waals surface area (Å²) in [5, 5.41) is 3.17. The van der Waals surface area contributed by atoms with Crippen LogP contribution in [0.3, 0.4) is 0 Å². The second kappa shape index (κ2) is 7.96. The van der Waals surface area contributed by atoms with E-state index >= 15 is 0 Å². The average Bonchev–Trinajstić information content (AvgIpc) is 2.74. The Kier molecular flexibility index (Phi) is 5.24. The number of hydrogen-bond acceptors (Lipinski definition) is 4. The second-order valence-electron chi connectivity index (χ2n) is 9.84. The van der Waals surface area contributed by atoms with Crippen molar-refractivity contribution in [2.24, 2.45) is 5.41 Å². The summed E-state index contributed by atoms with van der Waals surface area (Å²) in [6, 6.07) is 10.0. The molecule has 7 heteroatoms. The Morgan fingerprint density at radius 2 is 1.78 bits per heavy atom. The molecule has 2 heterocycles. The van der Waals surface area contributed by atoms with Crippen molar-refractivity contribution in [3.8, 4) is 0 Å². The largest absolute Gasteiger partial charge is 0.348 e. The van der Waals surface area contributed by atoms with Gasteiger partial charge in [0.2, 0.25) is 5.91 Å². The number of nitrogens with one attached hydrogen (secondary N) is 1. The average molecular weight is 437 g/mol. The van der Waals surface area contributed by atoms with Crippen LogP contribution >= 0.6 is 0 Å². The van der Waals surface area contributed by atoms with Gasteiger partial charge in [-0.3, -0.25) is 14.6 Å². The van der Waals surface area contributed by atoms with Crippen molar-refractivity contribution in [2.75, 3.05) is 33.2 Å². The molecule has 4 fully saturated rings. The van der Waals surface area contributed by atoms with Gasteiger partial charge >= 0.3 is 0 Å². The van der Waals surface area contributed by atoms with Crippen LogP contribution in [0.15, 0.2) is 48.8 Å². The minimum atomic E-state index is -0.227. The Balaban J connectivity index is 1.31. The third-order valence-corrected chi connectivity index (χ3v) is 7.73. The van der Waals surface area contributed by atoms with Crippen LogP contribution in [-0.2, 0) is 10.2 Å². The summed E-state index contributed by atoms with van der Waals surface area (Å²) in [5.74, 6) is -0.306. The summed E-state index contributed by atoms with van der Waals surface area (Å²) in [6.45, 7) is 3.20. The minimum absolute atomic E-state index is 0.0574. The number of nitrogens with zero attached hydrogens (tertiary/aromatic N) is 3. The quantitative estimate of drug-likeness (QED) is 0.756. The highest BCUT2D eigenvalue weighted by atomic mass is 19.1. The first-order valence-corrected chi connectivity index (χ1v) is 11.3. The highest BCUT2D eigenvalue weighted by Gasteiger charge is 2.71. The summed E-state index contributed by atoms with van der Waals surface area (Å²) in [7, 11) is 2.06. The number of rotatable bonds is 6. The molecular formula is C25H29FN4O2. The Labute approximate surface area is 187 Å². The molecule has 0 radical (unpaired) electrons. The Morgan fingerprint density at radius 1 is 1.09 bits per heavy atom. The minimum Gasteiger partial charge on any atom is -0.348 e. The van der Waals surface area contributed by atoms with E-state index in [2.05, 4.69) is 22.2 Å². The van der Waals surface area contributed by atoms with E-state index in [1.165, 1.54) is 12.1 Å². The van der Waals surface area contributed by atoms with Crippen molar-refractivity contribution < 1.29 is 14.0 Å². The Bertz CT molecular complexity index is 983.